The maximum atomic E-state index is 13.9. The van der Waals surface area contributed by atoms with E-state index >= 15 is 0 Å². The first kappa shape index (κ1) is 12.7. The maximum Gasteiger partial charge on any atom is 0.152 e. The van der Waals surface area contributed by atoms with Crippen molar-refractivity contribution in [1.29, 1.82) is 0 Å². The smallest absolute Gasteiger partial charge is 0.152 e. The summed E-state index contributed by atoms with van der Waals surface area (Å²) < 4.78 is 29.0. The second kappa shape index (κ2) is 5.27. The van der Waals surface area contributed by atoms with Crippen molar-refractivity contribution >= 4 is 0 Å². The highest BCUT2D eigenvalue weighted by Crippen LogP contribution is 2.19. The van der Waals surface area contributed by atoms with Crippen LogP contribution in [0.1, 0.15) is 18.2 Å². The topological polar surface area (TPSA) is 29.9 Å². The SMILES string of the molecule is CCNCc1cc(F)c(-n2ccc(C)n2)c(F)c1. The Morgan fingerprint density at radius 3 is 2.44 bits per heavy atom. The molecule has 0 unspecified atom stereocenters. The van der Waals surface area contributed by atoms with Crippen LogP contribution in [0.5, 0.6) is 0 Å². The minimum absolute atomic E-state index is 0.136. The summed E-state index contributed by atoms with van der Waals surface area (Å²) in [7, 11) is 0. The number of rotatable bonds is 4. The molecule has 0 fully saturated rings. The third-order valence-electron chi connectivity index (χ3n) is 2.61. The molecule has 5 heteroatoms. The Morgan fingerprint density at radius 2 is 1.94 bits per heavy atom. The number of halogens is 2. The van der Waals surface area contributed by atoms with Crippen molar-refractivity contribution < 1.29 is 8.78 Å². The van der Waals surface area contributed by atoms with Crippen molar-refractivity contribution in [3.63, 3.8) is 0 Å². The molecule has 0 aliphatic rings. The first-order valence-corrected chi connectivity index (χ1v) is 5.83. The largest absolute Gasteiger partial charge is 0.313 e. The van der Waals surface area contributed by atoms with E-state index in [2.05, 4.69) is 10.4 Å². The normalized spacial score (nSPS) is 10.9. The van der Waals surface area contributed by atoms with Gasteiger partial charge in [-0.1, -0.05) is 6.92 Å². The zero-order valence-corrected chi connectivity index (χ0v) is 10.4. The van der Waals surface area contributed by atoms with Crippen molar-refractivity contribution in [3.05, 3.63) is 47.3 Å². The van der Waals surface area contributed by atoms with Gasteiger partial charge in [0.15, 0.2) is 11.6 Å². The van der Waals surface area contributed by atoms with Crippen LogP contribution in [0.15, 0.2) is 24.4 Å². The van der Waals surface area contributed by atoms with Crippen LogP contribution in [0.25, 0.3) is 5.69 Å². The van der Waals surface area contributed by atoms with E-state index in [-0.39, 0.29) is 5.69 Å². The lowest BCUT2D eigenvalue weighted by atomic mass is 10.2. The van der Waals surface area contributed by atoms with Crippen LogP contribution < -0.4 is 5.32 Å². The van der Waals surface area contributed by atoms with Gasteiger partial charge in [-0.2, -0.15) is 5.10 Å². The van der Waals surface area contributed by atoms with Crippen LogP contribution in [-0.4, -0.2) is 16.3 Å². The van der Waals surface area contributed by atoms with Gasteiger partial charge in [-0.05, 0) is 37.2 Å². The van der Waals surface area contributed by atoms with Crippen molar-refractivity contribution in [3.8, 4) is 5.69 Å². The van der Waals surface area contributed by atoms with Gasteiger partial charge in [0, 0.05) is 12.7 Å². The van der Waals surface area contributed by atoms with Gasteiger partial charge in [0.25, 0.3) is 0 Å². The molecular weight excluding hydrogens is 236 g/mol. The van der Waals surface area contributed by atoms with E-state index in [4.69, 9.17) is 0 Å². The summed E-state index contributed by atoms with van der Waals surface area (Å²) in [4.78, 5) is 0. The Hall–Kier alpha value is -1.75. The van der Waals surface area contributed by atoms with Crippen molar-refractivity contribution in [2.45, 2.75) is 20.4 Å². The Bertz CT molecular complexity index is 526. The standard InChI is InChI=1S/C13H15F2N3/c1-3-16-8-10-6-11(14)13(12(15)7-10)18-5-4-9(2)17-18/h4-7,16H,3,8H2,1-2H3. The van der Waals surface area contributed by atoms with Gasteiger partial charge < -0.3 is 5.32 Å². The molecule has 1 N–H and O–H groups in total. The minimum Gasteiger partial charge on any atom is -0.313 e. The highest BCUT2D eigenvalue weighted by Gasteiger charge is 2.13. The molecule has 96 valence electrons. The number of benzene rings is 1. The maximum absolute atomic E-state index is 13.9. The molecule has 0 amide bonds. The molecular formula is C13H15F2N3. The fourth-order valence-electron chi connectivity index (χ4n) is 1.75. The summed E-state index contributed by atoms with van der Waals surface area (Å²) in [5, 5.41) is 7.04. The Kier molecular flexibility index (Phi) is 3.72. The van der Waals surface area contributed by atoms with Gasteiger partial charge in [0.1, 0.15) is 5.69 Å². The highest BCUT2D eigenvalue weighted by molar-refractivity contribution is 5.37. The first-order chi connectivity index (χ1) is 8.61. The number of hydrogen-bond donors (Lipinski definition) is 1. The average molecular weight is 251 g/mol. The summed E-state index contributed by atoms with van der Waals surface area (Å²) >= 11 is 0. The van der Waals surface area contributed by atoms with Crippen molar-refractivity contribution in [2.24, 2.45) is 0 Å². The number of aryl methyl sites for hydroxylation is 1. The van der Waals surface area contributed by atoms with Crippen molar-refractivity contribution in [2.75, 3.05) is 6.54 Å². The second-order valence-electron chi connectivity index (χ2n) is 4.09. The monoisotopic (exact) mass is 251 g/mol. The molecule has 0 radical (unpaired) electrons. The summed E-state index contributed by atoms with van der Waals surface area (Å²) in [6, 6.07) is 4.36. The predicted octanol–water partition coefficient (Wildman–Crippen LogP) is 2.57. The fraction of sp³-hybridized carbons (Fsp3) is 0.308. The second-order valence-corrected chi connectivity index (χ2v) is 4.09. The lowest BCUT2D eigenvalue weighted by Gasteiger charge is -2.08. The van der Waals surface area contributed by atoms with E-state index in [0.29, 0.717) is 17.8 Å². The van der Waals surface area contributed by atoms with E-state index in [1.165, 1.54) is 16.8 Å². The van der Waals surface area contributed by atoms with Crippen LogP contribution >= 0.6 is 0 Å². The molecule has 0 aliphatic carbocycles. The Labute approximate surface area is 104 Å². The summed E-state index contributed by atoms with van der Waals surface area (Å²) in [6.07, 6.45) is 1.54. The van der Waals surface area contributed by atoms with Gasteiger partial charge in [-0.3, -0.25) is 0 Å². The molecule has 2 rings (SSSR count). The molecule has 0 saturated carbocycles. The molecule has 1 heterocycles. The molecule has 3 nitrogen and oxygen atoms in total. The number of nitrogens with zero attached hydrogens (tertiary/aromatic N) is 2. The molecule has 0 bridgehead atoms. The molecule has 18 heavy (non-hydrogen) atoms. The highest BCUT2D eigenvalue weighted by atomic mass is 19.1. The quantitative estimate of drug-likeness (QED) is 0.905. The molecule has 0 saturated heterocycles. The van der Waals surface area contributed by atoms with Gasteiger partial charge in [0.2, 0.25) is 0 Å². The van der Waals surface area contributed by atoms with Crippen molar-refractivity contribution in [1.82, 2.24) is 15.1 Å². The summed E-state index contributed by atoms with van der Waals surface area (Å²) in [5.74, 6) is -1.21. The molecule has 1 aromatic heterocycles. The average Bonchev–Trinajstić information content (AvgIpc) is 2.72. The Balaban J connectivity index is 2.38. The van der Waals surface area contributed by atoms with Crippen LogP contribution in [0.2, 0.25) is 0 Å². The van der Waals surface area contributed by atoms with E-state index < -0.39 is 11.6 Å². The molecule has 0 atom stereocenters. The van der Waals surface area contributed by atoms with Crippen LogP contribution in [0.3, 0.4) is 0 Å². The van der Waals surface area contributed by atoms with Gasteiger partial charge in [-0.25, -0.2) is 13.5 Å². The molecule has 2 aromatic rings. The molecule has 0 spiro atoms. The lowest BCUT2D eigenvalue weighted by molar-refractivity contribution is 0.554. The number of aromatic nitrogens is 2. The zero-order chi connectivity index (χ0) is 13.1. The summed E-state index contributed by atoms with van der Waals surface area (Å²) in [6.45, 7) is 4.91. The third-order valence-corrected chi connectivity index (χ3v) is 2.61. The third kappa shape index (κ3) is 2.56. The molecule has 1 aromatic carbocycles. The van der Waals surface area contributed by atoms with Gasteiger partial charge in [0.05, 0.1) is 5.69 Å². The van der Waals surface area contributed by atoms with Crippen LogP contribution in [-0.2, 0) is 6.54 Å². The van der Waals surface area contributed by atoms with E-state index in [1.54, 1.807) is 19.2 Å². The summed E-state index contributed by atoms with van der Waals surface area (Å²) in [5.41, 5.74) is 1.16. The lowest BCUT2D eigenvalue weighted by Crippen LogP contribution is -2.13. The van der Waals surface area contributed by atoms with E-state index in [9.17, 15) is 8.78 Å². The minimum atomic E-state index is -0.606. The van der Waals surface area contributed by atoms with E-state index in [0.717, 1.165) is 6.54 Å². The first-order valence-electron chi connectivity index (χ1n) is 5.83. The number of hydrogen-bond acceptors (Lipinski definition) is 2. The number of nitrogens with one attached hydrogen (secondary N) is 1. The fourth-order valence-corrected chi connectivity index (χ4v) is 1.75. The van der Waals surface area contributed by atoms with Crippen LogP contribution in [0.4, 0.5) is 8.78 Å². The predicted molar refractivity (Wildman–Crippen MR) is 65.6 cm³/mol. The Morgan fingerprint density at radius 1 is 1.28 bits per heavy atom. The van der Waals surface area contributed by atoms with Gasteiger partial charge in [-0.15, -0.1) is 0 Å². The molecule has 0 aliphatic heterocycles. The van der Waals surface area contributed by atoms with Crippen LogP contribution in [0, 0.1) is 18.6 Å². The van der Waals surface area contributed by atoms with Gasteiger partial charge >= 0.3 is 0 Å². The zero-order valence-electron chi connectivity index (χ0n) is 10.4. The van der Waals surface area contributed by atoms with E-state index in [1.807, 2.05) is 6.92 Å².